The van der Waals surface area contributed by atoms with Crippen LogP contribution in [-0.4, -0.2) is 36.5 Å². The van der Waals surface area contributed by atoms with Crippen molar-refractivity contribution in [1.29, 1.82) is 0 Å². The number of benzene rings is 2. The van der Waals surface area contributed by atoms with Crippen LogP contribution in [0.15, 0.2) is 42.5 Å². The molecule has 4 rings (SSSR count). The fraction of sp³-hybridized carbons (Fsp3) is 0.476. The fourth-order valence-electron chi connectivity index (χ4n) is 4.11. The van der Waals surface area contributed by atoms with Crippen LogP contribution in [0.2, 0.25) is 0 Å². The van der Waals surface area contributed by atoms with Gasteiger partial charge in [-0.25, -0.2) is 0 Å². The Labute approximate surface area is 144 Å². The molecule has 126 valence electrons. The van der Waals surface area contributed by atoms with Gasteiger partial charge in [-0.1, -0.05) is 49.4 Å². The Balaban J connectivity index is 1.50. The van der Waals surface area contributed by atoms with E-state index in [9.17, 15) is 4.79 Å². The quantitative estimate of drug-likeness (QED) is 0.913. The minimum atomic E-state index is 0.193. The lowest BCUT2D eigenvalue weighted by atomic mass is 10.0. The smallest absolute Gasteiger partial charge is 0.226 e. The highest BCUT2D eigenvalue weighted by Gasteiger charge is 2.46. The highest BCUT2D eigenvalue weighted by Crippen LogP contribution is 2.49. The Kier molecular flexibility index (Phi) is 4.28. The summed E-state index contributed by atoms with van der Waals surface area (Å²) in [6.07, 6.45) is 3.15. The molecule has 3 atom stereocenters. The third-order valence-electron chi connectivity index (χ3n) is 5.53. The Bertz CT molecular complexity index is 735. The Morgan fingerprint density at radius 2 is 2.04 bits per heavy atom. The van der Waals surface area contributed by atoms with Gasteiger partial charge in [0.2, 0.25) is 5.91 Å². The zero-order chi connectivity index (χ0) is 16.5. The molecule has 1 saturated carbocycles. The highest BCUT2D eigenvalue weighted by molar-refractivity contribution is 5.86. The second-order valence-electron chi connectivity index (χ2n) is 7.23. The van der Waals surface area contributed by atoms with Crippen LogP contribution >= 0.6 is 0 Å². The standard InChI is InChI=1S/C21H26N2O/c1-2-11-23(18-9-10-22-14-18)21(24)20-13-19(20)17-8-7-15-5-3-4-6-16(15)12-17/h3-8,12,18-20,22H,2,9-11,13-14H2,1H3. The van der Waals surface area contributed by atoms with Gasteiger partial charge >= 0.3 is 0 Å². The van der Waals surface area contributed by atoms with Gasteiger partial charge in [-0.3, -0.25) is 4.79 Å². The van der Waals surface area contributed by atoms with Crippen LogP contribution in [-0.2, 0) is 4.79 Å². The Morgan fingerprint density at radius 3 is 2.79 bits per heavy atom. The molecule has 24 heavy (non-hydrogen) atoms. The van der Waals surface area contributed by atoms with Gasteiger partial charge in [0.25, 0.3) is 0 Å². The number of rotatable bonds is 5. The van der Waals surface area contributed by atoms with Crippen molar-refractivity contribution in [2.45, 2.75) is 38.1 Å². The highest BCUT2D eigenvalue weighted by atomic mass is 16.2. The van der Waals surface area contributed by atoms with Crippen LogP contribution in [0.4, 0.5) is 0 Å². The van der Waals surface area contributed by atoms with Gasteiger partial charge in [-0.2, -0.15) is 0 Å². The average Bonchev–Trinajstić information content (AvgIpc) is 3.24. The van der Waals surface area contributed by atoms with Crippen molar-refractivity contribution in [3.8, 4) is 0 Å². The van der Waals surface area contributed by atoms with Gasteiger partial charge in [-0.05, 0) is 48.1 Å². The first-order valence-corrected chi connectivity index (χ1v) is 9.28. The third-order valence-corrected chi connectivity index (χ3v) is 5.53. The predicted octanol–water partition coefficient (Wildman–Crippen LogP) is 3.54. The predicted molar refractivity (Wildman–Crippen MR) is 98.1 cm³/mol. The number of fused-ring (bicyclic) bond motifs is 1. The van der Waals surface area contributed by atoms with Crippen molar-refractivity contribution >= 4 is 16.7 Å². The second kappa shape index (κ2) is 6.56. The maximum Gasteiger partial charge on any atom is 0.226 e. The molecule has 2 aromatic carbocycles. The van der Waals surface area contributed by atoms with Crippen LogP contribution < -0.4 is 5.32 Å². The van der Waals surface area contributed by atoms with E-state index in [1.165, 1.54) is 16.3 Å². The van der Waals surface area contributed by atoms with Crippen LogP contribution in [0.3, 0.4) is 0 Å². The summed E-state index contributed by atoms with van der Waals surface area (Å²) in [5, 5.41) is 5.94. The van der Waals surface area contributed by atoms with Crippen molar-refractivity contribution in [1.82, 2.24) is 10.2 Å². The molecular formula is C21H26N2O. The summed E-state index contributed by atoms with van der Waals surface area (Å²) in [6.45, 7) is 5.05. The van der Waals surface area contributed by atoms with E-state index >= 15 is 0 Å². The van der Waals surface area contributed by atoms with E-state index in [1.807, 2.05) is 0 Å². The Hall–Kier alpha value is -1.87. The third kappa shape index (κ3) is 2.93. The molecule has 2 fully saturated rings. The molecule has 3 nitrogen and oxygen atoms in total. The summed E-state index contributed by atoms with van der Waals surface area (Å²) < 4.78 is 0. The summed E-state index contributed by atoms with van der Waals surface area (Å²) in [5.41, 5.74) is 1.33. The molecular weight excluding hydrogens is 296 g/mol. The topological polar surface area (TPSA) is 32.3 Å². The molecule has 1 N–H and O–H groups in total. The normalized spacial score (nSPS) is 25.8. The van der Waals surface area contributed by atoms with Crippen LogP contribution in [0.1, 0.15) is 37.7 Å². The van der Waals surface area contributed by atoms with E-state index in [0.717, 1.165) is 38.9 Å². The zero-order valence-corrected chi connectivity index (χ0v) is 14.4. The molecule has 2 aliphatic rings. The number of hydrogen-bond donors (Lipinski definition) is 1. The Morgan fingerprint density at radius 1 is 1.21 bits per heavy atom. The van der Waals surface area contributed by atoms with Crippen molar-refractivity contribution in [3.63, 3.8) is 0 Å². The van der Waals surface area contributed by atoms with Crippen molar-refractivity contribution in [3.05, 3.63) is 48.0 Å². The van der Waals surface area contributed by atoms with Gasteiger partial charge in [-0.15, -0.1) is 0 Å². The minimum absolute atomic E-state index is 0.193. The lowest BCUT2D eigenvalue weighted by Gasteiger charge is -2.28. The lowest BCUT2D eigenvalue weighted by molar-refractivity contribution is -0.134. The molecule has 3 unspecified atom stereocenters. The van der Waals surface area contributed by atoms with Crippen molar-refractivity contribution in [2.75, 3.05) is 19.6 Å². The van der Waals surface area contributed by atoms with E-state index in [1.54, 1.807) is 0 Å². The van der Waals surface area contributed by atoms with Crippen molar-refractivity contribution < 1.29 is 4.79 Å². The maximum atomic E-state index is 13.0. The minimum Gasteiger partial charge on any atom is -0.338 e. The molecule has 3 heteroatoms. The average molecular weight is 322 g/mol. The van der Waals surface area contributed by atoms with Crippen LogP contribution in [0.25, 0.3) is 10.8 Å². The van der Waals surface area contributed by atoms with Gasteiger partial charge in [0.1, 0.15) is 0 Å². The van der Waals surface area contributed by atoms with Gasteiger partial charge in [0, 0.05) is 25.0 Å². The van der Waals surface area contributed by atoms with Gasteiger partial charge in [0.15, 0.2) is 0 Å². The molecule has 0 aromatic heterocycles. The maximum absolute atomic E-state index is 13.0. The number of nitrogens with zero attached hydrogens (tertiary/aromatic N) is 1. The van der Waals surface area contributed by atoms with E-state index in [2.05, 4.69) is 59.6 Å². The monoisotopic (exact) mass is 322 g/mol. The number of hydrogen-bond acceptors (Lipinski definition) is 2. The van der Waals surface area contributed by atoms with E-state index in [0.29, 0.717) is 17.9 Å². The van der Waals surface area contributed by atoms with Crippen LogP contribution in [0, 0.1) is 5.92 Å². The fourth-order valence-corrected chi connectivity index (χ4v) is 4.11. The van der Waals surface area contributed by atoms with E-state index in [-0.39, 0.29) is 5.92 Å². The first-order valence-electron chi connectivity index (χ1n) is 9.28. The first kappa shape index (κ1) is 15.6. The summed E-state index contributed by atoms with van der Waals surface area (Å²) in [6, 6.07) is 15.5. The lowest BCUT2D eigenvalue weighted by Crippen LogP contribution is -2.43. The molecule has 1 amide bonds. The van der Waals surface area contributed by atoms with Crippen LogP contribution in [0.5, 0.6) is 0 Å². The summed E-state index contributed by atoms with van der Waals surface area (Å²) in [5.74, 6) is 0.984. The second-order valence-corrected chi connectivity index (χ2v) is 7.23. The molecule has 2 aromatic rings. The number of amides is 1. The largest absolute Gasteiger partial charge is 0.338 e. The van der Waals surface area contributed by atoms with Gasteiger partial charge in [0.05, 0.1) is 0 Å². The molecule has 0 radical (unpaired) electrons. The number of carbonyl (C=O) groups is 1. The van der Waals surface area contributed by atoms with Gasteiger partial charge < -0.3 is 10.2 Å². The SMILES string of the molecule is CCCN(C(=O)C1CC1c1ccc2ccccc2c1)C1CCNC1. The molecule has 1 saturated heterocycles. The summed E-state index contributed by atoms with van der Waals surface area (Å²) >= 11 is 0. The van der Waals surface area contributed by atoms with E-state index < -0.39 is 0 Å². The van der Waals surface area contributed by atoms with Crippen molar-refractivity contribution in [2.24, 2.45) is 5.92 Å². The molecule has 0 bridgehead atoms. The molecule has 1 heterocycles. The van der Waals surface area contributed by atoms with E-state index in [4.69, 9.17) is 0 Å². The molecule has 1 aliphatic heterocycles. The molecule has 1 aliphatic carbocycles. The summed E-state index contributed by atoms with van der Waals surface area (Å²) in [4.78, 5) is 15.2. The zero-order valence-electron chi connectivity index (χ0n) is 14.4. The number of carbonyl (C=O) groups excluding carboxylic acids is 1. The summed E-state index contributed by atoms with van der Waals surface area (Å²) in [7, 11) is 0. The first-order chi connectivity index (χ1) is 11.8. The number of nitrogens with one attached hydrogen (secondary N) is 1. The molecule has 0 spiro atoms.